The highest BCUT2D eigenvalue weighted by atomic mass is 19.1. The van der Waals surface area contributed by atoms with E-state index in [1.165, 1.54) is 36.4 Å². The van der Waals surface area contributed by atoms with Gasteiger partial charge in [0.25, 0.3) is 0 Å². The molecule has 4 aromatic rings. The average Bonchev–Trinajstić information content (AvgIpc) is 3.05. The number of halogens is 2. The molecule has 0 aliphatic carbocycles. The van der Waals surface area contributed by atoms with Gasteiger partial charge >= 0.3 is 5.97 Å². The molecule has 0 spiro atoms. The predicted molar refractivity (Wildman–Crippen MR) is 90.8 cm³/mol. The van der Waals surface area contributed by atoms with Gasteiger partial charge in [0.15, 0.2) is 5.58 Å². The summed E-state index contributed by atoms with van der Waals surface area (Å²) in [6.07, 6.45) is 0. The van der Waals surface area contributed by atoms with Crippen LogP contribution in [0.2, 0.25) is 0 Å². The molecule has 0 amide bonds. The molecule has 0 unspecified atom stereocenters. The molecular weight excluding hydrogens is 340 g/mol. The molecule has 26 heavy (non-hydrogen) atoms. The lowest BCUT2D eigenvalue weighted by Crippen LogP contribution is -2.08. The van der Waals surface area contributed by atoms with Gasteiger partial charge in [-0.3, -0.25) is 0 Å². The van der Waals surface area contributed by atoms with Crippen LogP contribution in [0.1, 0.15) is 10.4 Å². The van der Waals surface area contributed by atoms with Crippen LogP contribution in [0.25, 0.3) is 22.2 Å². The first kappa shape index (κ1) is 16.0. The van der Waals surface area contributed by atoms with Crippen molar-refractivity contribution in [1.82, 2.24) is 5.16 Å². The lowest BCUT2D eigenvalue weighted by Gasteiger charge is -2.04. The number of carbonyl (C=O) groups excluding carboxylic acids is 1. The van der Waals surface area contributed by atoms with Crippen LogP contribution in [0, 0.1) is 11.6 Å². The Kier molecular flexibility index (Phi) is 3.93. The molecule has 0 radical (unpaired) electrons. The zero-order valence-electron chi connectivity index (χ0n) is 13.3. The van der Waals surface area contributed by atoms with Gasteiger partial charge in [-0.2, -0.15) is 0 Å². The molecule has 128 valence electrons. The number of esters is 1. The Morgan fingerprint density at radius 1 is 0.923 bits per heavy atom. The maximum Gasteiger partial charge on any atom is 0.343 e. The molecule has 3 aromatic carbocycles. The van der Waals surface area contributed by atoms with Gasteiger partial charge in [-0.15, -0.1) is 0 Å². The Labute approximate surface area is 146 Å². The fourth-order valence-corrected chi connectivity index (χ4v) is 2.58. The van der Waals surface area contributed by atoms with Crippen molar-refractivity contribution in [2.45, 2.75) is 0 Å². The maximum absolute atomic E-state index is 13.2. The molecular formula is C20H11F2NO3. The molecule has 4 rings (SSSR count). The van der Waals surface area contributed by atoms with Gasteiger partial charge in [0, 0.05) is 17.0 Å². The summed E-state index contributed by atoms with van der Waals surface area (Å²) in [5.41, 5.74) is 1.78. The summed E-state index contributed by atoms with van der Waals surface area (Å²) in [6, 6.07) is 15.9. The molecule has 6 heteroatoms. The standard InChI is InChI=1S/C20H11F2NO3/c21-14-6-4-12(5-7-14)19-17-9-8-16(11-18(17)26-23-19)25-20(24)13-2-1-3-15(22)10-13/h1-11H. The molecule has 0 saturated heterocycles. The zero-order chi connectivity index (χ0) is 18.1. The maximum atomic E-state index is 13.2. The van der Waals surface area contributed by atoms with Crippen molar-refractivity contribution in [3.05, 3.63) is 83.9 Å². The van der Waals surface area contributed by atoms with Crippen molar-refractivity contribution in [1.29, 1.82) is 0 Å². The molecule has 4 nitrogen and oxygen atoms in total. The SMILES string of the molecule is O=C(Oc1ccc2c(-c3ccc(F)cc3)noc2c1)c1cccc(F)c1. The van der Waals surface area contributed by atoms with Gasteiger partial charge in [-0.05, 0) is 54.6 Å². The third kappa shape index (κ3) is 3.04. The van der Waals surface area contributed by atoms with Gasteiger partial charge in [-0.25, -0.2) is 13.6 Å². The number of hydrogen-bond acceptors (Lipinski definition) is 4. The Bertz CT molecular complexity index is 1100. The molecule has 0 atom stereocenters. The molecule has 0 fully saturated rings. The highest BCUT2D eigenvalue weighted by Crippen LogP contribution is 2.30. The van der Waals surface area contributed by atoms with Crippen LogP contribution in [0.3, 0.4) is 0 Å². The third-order valence-corrected chi connectivity index (χ3v) is 3.83. The van der Waals surface area contributed by atoms with E-state index in [-0.39, 0.29) is 17.1 Å². The Balaban J connectivity index is 1.62. The second kappa shape index (κ2) is 6.40. The highest BCUT2D eigenvalue weighted by Gasteiger charge is 2.14. The first-order chi connectivity index (χ1) is 12.6. The molecule has 0 aliphatic heterocycles. The molecule has 0 saturated carbocycles. The summed E-state index contributed by atoms with van der Waals surface area (Å²) in [5, 5.41) is 4.69. The van der Waals surface area contributed by atoms with E-state index >= 15 is 0 Å². The first-order valence-electron chi connectivity index (χ1n) is 7.73. The fraction of sp³-hybridized carbons (Fsp3) is 0. The minimum Gasteiger partial charge on any atom is -0.423 e. The Morgan fingerprint density at radius 2 is 1.73 bits per heavy atom. The van der Waals surface area contributed by atoms with E-state index in [4.69, 9.17) is 9.26 Å². The molecule has 0 aliphatic rings. The van der Waals surface area contributed by atoms with Crippen LogP contribution >= 0.6 is 0 Å². The number of benzene rings is 3. The number of fused-ring (bicyclic) bond motifs is 1. The molecule has 1 aromatic heterocycles. The van der Waals surface area contributed by atoms with Gasteiger partial charge in [-0.1, -0.05) is 11.2 Å². The van der Waals surface area contributed by atoms with Crippen molar-refractivity contribution in [2.75, 3.05) is 0 Å². The highest BCUT2D eigenvalue weighted by molar-refractivity contribution is 5.94. The largest absolute Gasteiger partial charge is 0.423 e. The fourth-order valence-electron chi connectivity index (χ4n) is 2.58. The summed E-state index contributed by atoms with van der Waals surface area (Å²) < 4.78 is 36.8. The minimum atomic E-state index is -0.679. The van der Waals surface area contributed by atoms with Gasteiger partial charge in [0.2, 0.25) is 0 Å². The van der Waals surface area contributed by atoms with Crippen molar-refractivity contribution in [2.24, 2.45) is 0 Å². The van der Waals surface area contributed by atoms with Crippen LogP contribution < -0.4 is 4.74 Å². The van der Waals surface area contributed by atoms with Crippen LogP contribution in [0.4, 0.5) is 8.78 Å². The number of rotatable bonds is 3. The molecule has 0 N–H and O–H groups in total. The number of carbonyl (C=O) groups is 1. The summed E-state index contributed by atoms with van der Waals surface area (Å²) in [5.74, 6) is -1.29. The second-order valence-electron chi connectivity index (χ2n) is 5.60. The van der Waals surface area contributed by atoms with Crippen molar-refractivity contribution < 1.29 is 22.8 Å². The topological polar surface area (TPSA) is 52.3 Å². The summed E-state index contributed by atoms with van der Waals surface area (Å²) in [4.78, 5) is 12.1. The van der Waals surface area contributed by atoms with Gasteiger partial charge < -0.3 is 9.26 Å². The monoisotopic (exact) mass is 351 g/mol. The number of hydrogen-bond donors (Lipinski definition) is 0. The van der Waals surface area contributed by atoms with E-state index in [0.29, 0.717) is 22.2 Å². The summed E-state index contributed by atoms with van der Waals surface area (Å²) in [7, 11) is 0. The summed E-state index contributed by atoms with van der Waals surface area (Å²) in [6.45, 7) is 0. The molecule has 0 bridgehead atoms. The minimum absolute atomic E-state index is 0.106. The normalized spacial score (nSPS) is 10.8. The second-order valence-corrected chi connectivity index (χ2v) is 5.60. The number of aromatic nitrogens is 1. The number of nitrogens with zero attached hydrogens (tertiary/aromatic N) is 1. The summed E-state index contributed by atoms with van der Waals surface area (Å²) >= 11 is 0. The average molecular weight is 351 g/mol. The van der Waals surface area contributed by atoms with Crippen LogP contribution in [-0.4, -0.2) is 11.1 Å². The van der Waals surface area contributed by atoms with Crippen LogP contribution in [0.5, 0.6) is 5.75 Å². The zero-order valence-corrected chi connectivity index (χ0v) is 13.3. The van der Waals surface area contributed by atoms with Crippen LogP contribution in [-0.2, 0) is 0 Å². The van der Waals surface area contributed by atoms with E-state index < -0.39 is 11.8 Å². The van der Waals surface area contributed by atoms with E-state index in [0.717, 1.165) is 6.07 Å². The van der Waals surface area contributed by atoms with E-state index in [2.05, 4.69) is 5.16 Å². The van der Waals surface area contributed by atoms with Crippen molar-refractivity contribution in [3.63, 3.8) is 0 Å². The number of ether oxygens (including phenoxy) is 1. The Morgan fingerprint density at radius 3 is 2.50 bits per heavy atom. The van der Waals surface area contributed by atoms with Crippen LogP contribution in [0.15, 0.2) is 71.3 Å². The van der Waals surface area contributed by atoms with Crippen molar-refractivity contribution in [3.8, 4) is 17.0 Å². The van der Waals surface area contributed by atoms with Gasteiger partial charge in [0.05, 0.1) is 5.56 Å². The molecule has 1 heterocycles. The van der Waals surface area contributed by atoms with Crippen molar-refractivity contribution >= 4 is 16.9 Å². The van der Waals surface area contributed by atoms with Gasteiger partial charge in [0.1, 0.15) is 23.1 Å². The first-order valence-corrected chi connectivity index (χ1v) is 7.73. The quantitative estimate of drug-likeness (QED) is 0.385. The lowest BCUT2D eigenvalue weighted by atomic mass is 10.1. The van der Waals surface area contributed by atoms with E-state index in [1.807, 2.05) is 0 Å². The van der Waals surface area contributed by atoms with E-state index in [1.54, 1.807) is 24.3 Å². The Hall–Kier alpha value is -3.54. The predicted octanol–water partition coefficient (Wildman–Crippen LogP) is 4.99. The third-order valence-electron chi connectivity index (χ3n) is 3.83. The van der Waals surface area contributed by atoms with E-state index in [9.17, 15) is 13.6 Å². The smallest absolute Gasteiger partial charge is 0.343 e. The lowest BCUT2D eigenvalue weighted by molar-refractivity contribution is 0.0734.